The molecule has 1 nitrogen and oxygen atoms in total. The van der Waals surface area contributed by atoms with Crippen LogP contribution in [-0.2, 0) is 0 Å². The lowest BCUT2D eigenvalue weighted by atomic mass is 10.1. The maximum absolute atomic E-state index is 13.2. The fourth-order valence-corrected chi connectivity index (χ4v) is 2.24. The van der Waals surface area contributed by atoms with Crippen molar-refractivity contribution in [3.05, 3.63) is 29.1 Å². The topological polar surface area (TPSA) is 20.2 Å². The average Bonchev–Trinajstić information content (AvgIpc) is 2.11. The van der Waals surface area contributed by atoms with Crippen LogP contribution in [0.5, 0.6) is 0 Å². The van der Waals surface area contributed by atoms with Crippen molar-refractivity contribution in [3.63, 3.8) is 0 Å². The molecule has 0 saturated carbocycles. The first kappa shape index (κ1) is 11.5. The number of hydrogen-bond donors (Lipinski definition) is 1. The van der Waals surface area contributed by atoms with Crippen molar-refractivity contribution in [2.75, 3.05) is 5.75 Å². The maximum atomic E-state index is 13.2. The second-order valence-corrected chi connectivity index (χ2v) is 4.55. The molecule has 0 radical (unpaired) electrons. The molecule has 1 N–H and O–H groups in total. The molecule has 14 heavy (non-hydrogen) atoms. The molecule has 0 aliphatic heterocycles. The largest absolute Gasteiger partial charge is 0.389 e. The lowest BCUT2D eigenvalue weighted by Crippen LogP contribution is -1.97. The van der Waals surface area contributed by atoms with Gasteiger partial charge in [0, 0.05) is 4.90 Å². The first-order chi connectivity index (χ1) is 6.56. The fraction of sp³-hybridized carbons (Fsp3) is 0.455. The molecular formula is C11H15FOS. The number of aliphatic hydroxyl groups excluding tert-OH is 1. The Bertz CT molecular complexity index is 323. The van der Waals surface area contributed by atoms with Crippen LogP contribution < -0.4 is 0 Å². The van der Waals surface area contributed by atoms with Crippen molar-refractivity contribution in [1.29, 1.82) is 0 Å². The molecular weight excluding hydrogens is 199 g/mol. The van der Waals surface area contributed by atoms with Gasteiger partial charge in [0.25, 0.3) is 0 Å². The van der Waals surface area contributed by atoms with E-state index in [-0.39, 0.29) is 5.82 Å². The molecule has 1 rings (SSSR count). The Morgan fingerprint density at radius 1 is 1.50 bits per heavy atom. The van der Waals surface area contributed by atoms with Gasteiger partial charge in [-0.3, -0.25) is 0 Å². The Morgan fingerprint density at radius 3 is 2.64 bits per heavy atom. The predicted octanol–water partition coefficient (Wildman–Crippen LogP) is 3.30. The van der Waals surface area contributed by atoms with Gasteiger partial charge in [-0.15, -0.1) is 11.8 Å². The van der Waals surface area contributed by atoms with Crippen LogP contribution in [-0.4, -0.2) is 10.9 Å². The minimum absolute atomic E-state index is 0.249. The van der Waals surface area contributed by atoms with Gasteiger partial charge in [-0.25, -0.2) is 4.39 Å². The Kier molecular flexibility index (Phi) is 3.96. The maximum Gasteiger partial charge on any atom is 0.126 e. The van der Waals surface area contributed by atoms with E-state index in [2.05, 4.69) is 0 Å². The highest BCUT2D eigenvalue weighted by atomic mass is 32.2. The van der Waals surface area contributed by atoms with Crippen LogP contribution in [0, 0.1) is 12.7 Å². The second kappa shape index (κ2) is 4.80. The highest BCUT2D eigenvalue weighted by molar-refractivity contribution is 7.99. The lowest BCUT2D eigenvalue weighted by Gasteiger charge is -2.12. The van der Waals surface area contributed by atoms with Crippen molar-refractivity contribution in [2.45, 2.75) is 31.8 Å². The van der Waals surface area contributed by atoms with Gasteiger partial charge < -0.3 is 5.11 Å². The van der Waals surface area contributed by atoms with Crippen LogP contribution in [0.3, 0.4) is 0 Å². The van der Waals surface area contributed by atoms with E-state index in [1.807, 2.05) is 6.92 Å². The monoisotopic (exact) mass is 214 g/mol. The molecule has 0 amide bonds. The van der Waals surface area contributed by atoms with Gasteiger partial charge in [-0.2, -0.15) is 0 Å². The van der Waals surface area contributed by atoms with Gasteiger partial charge in [0.15, 0.2) is 0 Å². The molecule has 0 aliphatic carbocycles. The highest BCUT2D eigenvalue weighted by Gasteiger charge is 2.11. The van der Waals surface area contributed by atoms with Crippen LogP contribution in [0.4, 0.5) is 4.39 Å². The number of aliphatic hydroxyl groups is 1. The predicted molar refractivity (Wildman–Crippen MR) is 58.2 cm³/mol. The number of halogens is 1. The van der Waals surface area contributed by atoms with Gasteiger partial charge in [-0.05, 0) is 42.9 Å². The van der Waals surface area contributed by atoms with Crippen LogP contribution in [0.1, 0.15) is 31.1 Å². The molecule has 3 heteroatoms. The Morgan fingerprint density at radius 2 is 2.14 bits per heavy atom. The smallest absolute Gasteiger partial charge is 0.126 e. The summed E-state index contributed by atoms with van der Waals surface area (Å²) in [6.07, 6.45) is -0.612. The molecule has 1 aromatic carbocycles. The zero-order valence-electron chi connectivity index (χ0n) is 8.67. The minimum atomic E-state index is -0.612. The minimum Gasteiger partial charge on any atom is -0.389 e. The first-order valence-corrected chi connectivity index (χ1v) is 5.65. The van der Waals surface area contributed by atoms with Gasteiger partial charge in [-0.1, -0.05) is 6.92 Å². The number of hydrogen-bond acceptors (Lipinski definition) is 2. The number of benzene rings is 1. The molecule has 0 bridgehead atoms. The third-order valence-corrected chi connectivity index (χ3v) is 2.99. The fourth-order valence-electron chi connectivity index (χ4n) is 1.28. The van der Waals surface area contributed by atoms with Crippen LogP contribution >= 0.6 is 11.8 Å². The van der Waals surface area contributed by atoms with Crippen LogP contribution in [0.25, 0.3) is 0 Å². The SMILES string of the molecule is CCSc1cc(C)c(F)cc1C(C)O. The van der Waals surface area contributed by atoms with Gasteiger partial charge in [0.2, 0.25) is 0 Å². The summed E-state index contributed by atoms with van der Waals surface area (Å²) < 4.78 is 13.2. The van der Waals surface area contributed by atoms with E-state index in [9.17, 15) is 9.50 Å². The van der Waals surface area contributed by atoms with Crippen LogP contribution in [0.2, 0.25) is 0 Å². The number of thioether (sulfide) groups is 1. The van der Waals surface area contributed by atoms with Crippen LogP contribution in [0.15, 0.2) is 17.0 Å². The molecule has 0 fully saturated rings. The molecule has 1 unspecified atom stereocenters. The molecule has 0 aliphatic rings. The van der Waals surface area contributed by atoms with Crippen molar-refractivity contribution < 1.29 is 9.50 Å². The third kappa shape index (κ3) is 2.49. The van der Waals surface area contributed by atoms with E-state index >= 15 is 0 Å². The summed E-state index contributed by atoms with van der Waals surface area (Å²) in [5.74, 6) is 0.673. The summed E-state index contributed by atoms with van der Waals surface area (Å²) in [7, 11) is 0. The summed E-state index contributed by atoms with van der Waals surface area (Å²) >= 11 is 1.63. The van der Waals surface area contributed by atoms with Crippen molar-refractivity contribution in [1.82, 2.24) is 0 Å². The van der Waals surface area contributed by atoms with E-state index in [1.165, 1.54) is 6.07 Å². The Labute approximate surface area is 88.3 Å². The summed E-state index contributed by atoms with van der Waals surface area (Å²) in [4.78, 5) is 0.974. The highest BCUT2D eigenvalue weighted by Crippen LogP contribution is 2.29. The molecule has 78 valence electrons. The lowest BCUT2D eigenvalue weighted by molar-refractivity contribution is 0.196. The van der Waals surface area contributed by atoms with E-state index in [4.69, 9.17) is 0 Å². The van der Waals surface area contributed by atoms with Crippen molar-refractivity contribution in [3.8, 4) is 0 Å². The van der Waals surface area contributed by atoms with E-state index in [1.54, 1.807) is 31.7 Å². The molecule has 0 spiro atoms. The van der Waals surface area contributed by atoms with Gasteiger partial charge >= 0.3 is 0 Å². The first-order valence-electron chi connectivity index (χ1n) is 4.67. The number of rotatable bonds is 3. The summed E-state index contributed by atoms with van der Waals surface area (Å²) in [6.45, 7) is 5.43. The Balaban J connectivity index is 3.17. The zero-order valence-corrected chi connectivity index (χ0v) is 9.49. The van der Waals surface area contributed by atoms with Crippen molar-refractivity contribution in [2.24, 2.45) is 0 Å². The quantitative estimate of drug-likeness (QED) is 0.779. The van der Waals surface area contributed by atoms with E-state index < -0.39 is 6.10 Å². The molecule has 0 saturated heterocycles. The van der Waals surface area contributed by atoms with E-state index in [0.717, 1.165) is 10.6 Å². The zero-order chi connectivity index (χ0) is 10.7. The molecule has 1 atom stereocenters. The molecule has 0 aromatic heterocycles. The second-order valence-electron chi connectivity index (χ2n) is 3.25. The summed E-state index contributed by atoms with van der Waals surface area (Å²) in [6, 6.07) is 3.23. The third-order valence-electron chi connectivity index (χ3n) is 2.04. The average molecular weight is 214 g/mol. The van der Waals surface area contributed by atoms with Crippen molar-refractivity contribution >= 4 is 11.8 Å². The van der Waals surface area contributed by atoms with E-state index in [0.29, 0.717) is 11.1 Å². The summed E-state index contributed by atoms with van der Waals surface area (Å²) in [5, 5.41) is 9.47. The summed E-state index contributed by atoms with van der Waals surface area (Å²) in [5.41, 5.74) is 1.31. The standard InChI is InChI=1S/C11H15FOS/c1-4-14-11-5-7(2)10(12)6-9(11)8(3)13/h5-6,8,13H,4H2,1-3H3. The molecule has 0 heterocycles. The normalized spacial score (nSPS) is 12.9. The number of aryl methyl sites for hydroxylation is 1. The Hall–Kier alpha value is -0.540. The van der Waals surface area contributed by atoms with Gasteiger partial charge in [0.05, 0.1) is 6.10 Å². The molecule has 1 aromatic rings. The van der Waals surface area contributed by atoms with Gasteiger partial charge in [0.1, 0.15) is 5.82 Å².